The number of rotatable bonds is 8. The molecule has 2 aromatic rings. The van der Waals surface area contributed by atoms with Crippen LogP contribution in [-0.2, 0) is 6.54 Å². The van der Waals surface area contributed by atoms with Crippen LogP contribution in [0.4, 0.5) is 5.82 Å². The van der Waals surface area contributed by atoms with E-state index < -0.39 is 0 Å². The largest absolute Gasteiger partial charge is 0.365 e. The molecule has 0 atom stereocenters. The van der Waals surface area contributed by atoms with Crippen molar-refractivity contribution in [3.05, 3.63) is 28.5 Å². The van der Waals surface area contributed by atoms with Gasteiger partial charge in [0.05, 0.1) is 10.7 Å². The molecule has 0 aliphatic heterocycles. The Kier molecular flexibility index (Phi) is 7.86. The van der Waals surface area contributed by atoms with Crippen LogP contribution in [0.2, 0.25) is 5.02 Å². The van der Waals surface area contributed by atoms with E-state index in [0.717, 1.165) is 35.0 Å². The third kappa shape index (κ3) is 5.64. The Bertz CT molecular complexity index is 944. The van der Waals surface area contributed by atoms with Crippen molar-refractivity contribution < 1.29 is 4.79 Å². The number of carbonyl (C=O) groups is 1. The number of pyridine rings is 1. The molecule has 1 amide bonds. The van der Waals surface area contributed by atoms with Gasteiger partial charge in [0.1, 0.15) is 5.82 Å². The lowest BCUT2D eigenvalue weighted by Crippen LogP contribution is -2.31. The highest BCUT2D eigenvalue weighted by Crippen LogP contribution is 2.34. The van der Waals surface area contributed by atoms with Crippen molar-refractivity contribution in [2.75, 3.05) is 11.9 Å². The maximum atomic E-state index is 12.9. The molecule has 1 aliphatic carbocycles. The van der Waals surface area contributed by atoms with Gasteiger partial charge in [0, 0.05) is 30.4 Å². The fourth-order valence-corrected chi connectivity index (χ4v) is 4.56. The van der Waals surface area contributed by atoms with E-state index in [9.17, 15) is 4.79 Å². The maximum absolute atomic E-state index is 12.9. The summed E-state index contributed by atoms with van der Waals surface area (Å²) in [5.74, 6) is 1.97. The van der Waals surface area contributed by atoms with Crippen LogP contribution in [0.25, 0.3) is 11.3 Å². The van der Waals surface area contributed by atoms with Crippen molar-refractivity contribution >= 4 is 23.3 Å². The van der Waals surface area contributed by atoms with Crippen molar-refractivity contribution in [1.82, 2.24) is 20.1 Å². The molecule has 0 radical (unpaired) electrons. The molecular weight excluding hydrogens is 422 g/mol. The number of nitrogens with zero attached hydrogens (tertiary/aromatic N) is 3. The van der Waals surface area contributed by atoms with Crippen LogP contribution in [0.5, 0.6) is 0 Å². The summed E-state index contributed by atoms with van der Waals surface area (Å²) in [7, 11) is 0. The molecule has 1 saturated carbocycles. The van der Waals surface area contributed by atoms with Crippen LogP contribution < -0.4 is 10.6 Å². The van der Waals surface area contributed by atoms with E-state index in [1.807, 2.05) is 26.1 Å². The number of hydrogen-bond acceptors (Lipinski definition) is 4. The molecule has 176 valence electrons. The Labute approximate surface area is 197 Å². The van der Waals surface area contributed by atoms with Crippen LogP contribution >= 0.6 is 11.6 Å². The minimum Gasteiger partial charge on any atom is -0.365 e. The lowest BCUT2D eigenvalue weighted by atomic mass is 9.83. The summed E-state index contributed by atoms with van der Waals surface area (Å²) in [6.07, 6.45) is 7.63. The van der Waals surface area contributed by atoms with Crippen LogP contribution in [0, 0.1) is 18.8 Å². The third-order valence-corrected chi connectivity index (χ3v) is 7.17. The van der Waals surface area contributed by atoms with E-state index in [4.69, 9.17) is 11.6 Å². The molecule has 6 nitrogen and oxygen atoms in total. The highest BCUT2D eigenvalue weighted by Gasteiger charge is 2.25. The van der Waals surface area contributed by atoms with Crippen molar-refractivity contribution in [2.45, 2.75) is 85.7 Å². The molecule has 0 spiro atoms. The van der Waals surface area contributed by atoms with Crippen molar-refractivity contribution in [3.63, 3.8) is 0 Å². The fraction of sp³-hybridized carbons (Fsp3) is 0.640. The van der Waals surface area contributed by atoms with Gasteiger partial charge >= 0.3 is 0 Å². The topological polar surface area (TPSA) is 71.8 Å². The molecule has 32 heavy (non-hydrogen) atoms. The van der Waals surface area contributed by atoms with E-state index >= 15 is 0 Å². The predicted octanol–water partition coefficient (Wildman–Crippen LogP) is 6.08. The number of carbonyl (C=O) groups excluding carboxylic acids is 1. The second-order valence-corrected chi connectivity index (χ2v) is 10.3. The molecule has 0 saturated heterocycles. The summed E-state index contributed by atoms with van der Waals surface area (Å²) < 4.78 is 1.80. The highest BCUT2D eigenvalue weighted by atomic mass is 35.5. The Morgan fingerprint density at radius 3 is 2.53 bits per heavy atom. The number of halogens is 1. The Hall–Kier alpha value is -2.08. The van der Waals surface area contributed by atoms with E-state index in [2.05, 4.69) is 48.4 Å². The summed E-state index contributed by atoms with van der Waals surface area (Å²) in [6.45, 7) is 14.1. The van der Waals surface area contributed by atoms with Crippen LogP contribution in [0.3, 0.4) is 0 Å². The van der Waals surface area contributed by atoms with Gasteiger partial charge in [-0.2, -0.15) is 5.10 Å². The van der Waals surface area contributed by atoms with Gasteiger partial charge < -0.3 is 10.6 Å². The molecule has 0 bridgehead atoms. The smallest absolute Gasteiger partial charge is 0.273 e. The molecular formula is C25H38ClN5O. The standard InChI is InChI=1S/C25H38ClN5O/c1-7-25(5,6)29-20-13-17(4)19(15-27-20)23-21(26)22(30-31(23)8-2)24(32)28-14-18-11-9-16(3)10-12-18/h13,15-16,18H,7-12,14H2,1-6H3,(H,27,29)(H,28,32). The fourth-order valence-electron chi connectivity index (χ4n) is 4.23. The molecule has 1 fully saturated rings. The van der Waals surface area contributed by atoms with Gasteiger partial charge in [-0.15, -0.1) is 0 Å². The van der Waals surface area contributed by atoms with Crippen LogP contribution in [-0.4, -0.2) is 32.8 Å². The lowest BCUT2D eigenvalue weighted by molar-refractivity contribution is 0.0936. The zero-order valence-electron chi connectivity index (χ0n) is 20.4. The molecule has 0 unspecified atom stereocenters. The van der Waals surface area contributed by atoms with Crippen LogP contribution in [0.1, 0.15) is 82.8 Å². The normalized spacial score (nSPS) is 19.1. The van der Waals surface area contributed by atoms with Crippen LogP contribution in [0.15, 0.2) is 12.3 Å². The summed E-state index contributed by atoms with van der Waals surface area (Å²) >= 11 is 6.73. The van der Waals surface area contributed by atoms with Gasteiger partial charge in [-0.1, -0.05) is 38.3 Å². The van der Waals surface area contributed by atoms with Crippen molar-refractivity contribution in [1.29, 1.82) is 0 Å². The average molecular weight is 460 g/mol. The molecule has 1 aliphatic rings. The van der Waals surface area contributed by atoms with E-state index in [-0.39, 0.29) is 11.4 Å². The van der Waals surface area contributed by atoms with Gasteiger partial charge in [-0.3, -0.25) is 9.48 Å². The zero-order valence-corrected chi connectivity index (χ0v) is 21.1. The van der Waals surface area contributed by atoms with Gasteiger partial charge in [-0.25, -0.2) is 4.98 Å². The number of nitrogens with one attached hydrogen (secondary N) is 2. The van der Waals surface area contributed by atoms with Gasteiger partial charge in [0.2, 0.25) is 0 Å². The van der Waals surface area contributed by atoms with E-state index in [0.29, 0.717) is 29.7 Å². The number of aryl methyl sites for hydroxylation is 2. The zero-order chi connectivity index (χ0) is 23.5. The molecule has 2 aromatic heterocycles. The Morgan fingerprint density at radius 1 is 1.25 bits per heavy atom. The van der Waals surface area contributed by atoms with E-state index in [1.54, 1.807) is 4.68 Å². The molecule has 3 rings (SSSR count). The van der Waals surface area contributed by atoms with Crippen molar-refractivity contribution in [3.8, 4) is 11.3 Å². The Balaban J connectivity index is 1.80. The minimum absolute atomic E-state index is 0.0363. The third-order valence-electron chi connectivity index (χ3n) is 6.81. The van der Waals surface area contributed by atoms with Gasteiger partial charge in [0.25, 0.3) is 5.91 Å². The van der Waals surface area contributed by atoms with Crippen molar-refractivity contribution in [2.24, 2.45) is 11.8 Å². The first kappa shape index (κ1) is 24.6. The molecule has 2 N–H and O–H groups in total. The second-order valence-electron chi connectivity index (χ2n) is 9.91. The number of anilines is 1. The second kappa shape index (κ2) is 10.2. The lowest BCUT2D eigenvalue weighted by Gasteiger charge is -2.26. The summed E-state index contributed by atoms with van der Waals surface area (Å²) in [4.78, 5) is 17.5. The highest BCUT2D eigenvalue weighted by molar-refractivity contribution is 6.36. The first-order valence-electron chi connectivity index (χ1n) is 11.9. The minimum atomic E-state index is -0.198. The summed E-state index contributed by atoms with van der Waals surface area (Å²) in [5.41, 5.74) is 2.93. The molecule has 0 aromatic carbocycles. The number of amides is 1. The first-order valence-corrected chi connectivity index (χ1v) is 12.3. The van der Waals surface area contributed by atoms with Gasteiger partial charge in [0.15, 0.2) is 5.69 Å². The monoisotopic (exact) mass is 459 g/mol. The molecule has 2 heterocycles. The summed E-state index contributed by atoms with van der Waals surface area (Å²) in [6, 6.07) is 2.03. The first-order chi connectivity index (χ1) is 15.1. The molecule has 7 heteroatoms. The number of aromatic nitrogens is 3. The van der Waals surface area contributed by atoms with Gasteiger partial charge in [-0.05, 0) is 70.4 Å². The van der Waals surface area contributed by atoms with E-state index in [1.165, 1.54) is 25.7 Å². The number of hydrogen-bond donors (Lipinski definition) is 2. The Morgan fingerprint density at radius 2 is 1.94 bits per heavy atom. The SMILES string of the molecule is CCn1nc(C(=O)NCC2CCC(C)CC2)c(Cl)c1-c1cnc(NC(C)(C)CC)cc1C. The maximum Gasteiger partial charge on any atom is 0.273 e. The quantitative estimate of drug-likeness (QED) is 0.501. The summed E-state index contributed by atoms with van der Waals surface area (Å²) in [5, 5.41) is 11.5. The predicted molar refractivity (Wildman–Crippen MR) is 132 cm³/mol. The average Bonchev–Trinajstić information content (AvgIpc) is 3.09.